The lowest BCUT2D eigenvalue weighted by Crippen LogP contribution is -2.14. The highest BCUT2D eigenvalue weighted by atomic mass is 32.1. The zero-order valence-electron chi connectivity index (χ0n) is 13.3. The Morgan fingerprint density at radius 2 is 1.96 bits per heavy atom. The predicted octanol–water partition coefficient (Wildman–Crippen LogP) is 4.88. The molecule has 0 atom stereocenters. The Labute approximate surface area is 166 Å². The molecule has 4 rings (SSSR count). The van der Waals surface area contributed by atoms with Crippen LogP contribution in [0.1, 0.15) is 6.42 Å². The SMILES string of the molecule is O=C(CCn1c(-c2cccs2)n[nH]c1=S)Nc1nc(-c2cccs2)cs1. The Morgan fingerprint density at radius 1 is 1.19 bits per heavy atom. The van der Waals surface area contributed by atoms with Crippen LogP contribution < -0.4 is 5.32 Å². The average molecular weight is 420 g/mol. The van der Waals surface area contributed by atoms with Crippen LogP contribution in [-0.2, 0) is 11.3 Å². The van der Waals surface area contributed by atoms with Crippen LogP contribution >= 0.6 is 46.2 Å². The van der Waals surface area contributed by atoms with E-state index >= 15 is 0 Å². The summed E-state index contributed by atoms with van der Waals surface area (Å²) in [5, 5.41) is 16.5. The molecule has 6 nitrogen and oxygen atoms in total. The van der Waals surface area contributed by atoms with Gasteiger partial charge in [0.1, 0.15) is 0 Å². The van der Waals surface area contributed by atoms with Gasteiger partial charge < -0.3 is 5.32 Å². The molecule has 0 aliphatic heterocycles. The molecule has 0 saturated heterocycles. The Morgan fingerprint density at radius 3 is 2.69 bits per heavy atom. The molecule has 1 amide bonds. The van der Waals surface area contributed by atoms with Gasteiger partial charge in [0.15, 0.2) is 15.7 Å². The predicted molar refractivity (Wildman–Crippen MR) is 109 cm³/mol. The number of hydrogen-bond donors (Lipinski definition) is 2. The van der Waals surface area contributed by atoms with Crippen molar-refractivity contribution in [3.8, 4) is 21.3 Å². The maximum absolute atomic E-state index is 12.3. The van der Waals surface area contributed by atoms with Crippen LogP contribution in [0.5, 0.6) is 0 Å². The van der Waals surface area contributed by atoms with Gasteiger partial charge in [0.25, 0.3) is 0 Å². The van der Waals surface area contributed by atoms with Crippen molar-refractivity contribution in [2.75, 3.05) is 5.32 Å². The number of nitrogens with zero attached hydrogens (tertiary/aromatic N) is 3. The molecular formula is C16H13N5OS4. The molecule has 26 heavy (non-hydrogen) atoms. The van der Waals surface area contributed by atoms with Gasteiger partial charge in [-0.2, -0.15) is 5.10 Å². The second-order valence-corrected chi connectivity index (χ2v) is 8.43. The first-order chi connectivity index (χ1) is 12.7. The van der Waals surface area contributed by atoms with Crippen molar-refractivity contribution in [2.24, 2.45) is 0 Å². The molecule has 2 N–H and O–H groups in total. The summed E-state index contributed by atoms with van der Waals surface area (Å²) in [5.74, 6) is 0.657. The number of thiazole rings is 1. The fourth-order valence-electron chi connectivity index (χ4n) is 2.38. The first kappa shape index (κ1) is 17.3. The van der Waals surface area contributed by atoms with Crippen molar-refractivity contribution >= 4 is 57.3 Å². The van der Waals surface area contributed by atoms with Crippen LogP contribution in [0.15, 0.2) is 40.4 Å². The fraction of sp³-hybridized carbons (Fsp3) is 0.125. The number of carbonyl (C=O) groups is 1. The lowest BCUT2D eigenvalue weighted by atomic mass is 10.3. The fourth-order valence-corrected chi connectivity index (χ4v) is 4.82. The highest BCUT2D eigenvalue weighted by Gasteiger charge is 2.13. The lowest BCUT2D eigenvalue weighted by Gasteiger charge is -2.05. The zero-order valence-corrected chi connectivity index (χ0v) is 16.6. The van der Waals surface area contributed by atoms with Crippen LogP contribution in [0.4, 0.5) is 5.13 Å². The molecule has 4 aromatic heterocycles. The number of aromatic nitrogens is 4. The third-order valence-electron chi connectivity index (χ3n) is 3.59. The maximum Gasteiger partial charge on any atom is 0.227 e. The molecule has 0 saturated carbocycles. The molecule has 0 fully saturated rings. The third-order valence-corrected chi connectivity index (χ3v) is 6.41. The van der Waals surface area contributed by atoms with Crippen LogP contribution in [0.25, 0.3) is 21.3 Å². The zero-order chi connectivity index (χ0) is 17.9. The minimum absolute atomic E-state index is 0.0997. The van der Waals surface area contributed by atoms with E-state index in [9.17, 15) is 4.79 Å². The van der Waals surface area contributed by atoms with Gasteiger partial charge in [0, 0.05) is 18.3 Å². The Bertz CT molecular complexity index is 1060. The molecule has 0 aliphatic carbocycles. The molecule has 0 aromatic carbocycles. The van der Waals surface area contributed by atoms with Gasteiger partial charge in [-0.1, -0.05) is 12.1 Å². The van der Waals surface area contributed by atoms with Crippen molar-refractivity contribution in [3.63, 3.8) is 0 Å². The van der Waals surface area contributed by atoms with Gasteiger partial charge >= 0.3 is 0 Å². The van der Waals surface area contributed by atoms with Gasteiger partial charge in [0.2, 0.25) is 5.91 Å². The Kier molecular flexibility index (Phi) is 5.07. The molecule has 0 aliphatic rings. The summed E-state index contributed by atoms with van der Waals surface area (Å²) in [7, 11) is 0. The summed E-state index contributed by atoms with van der Waals surface area (Å²) in [6.07, 6.45) is 0.292. The highest BCUT2D eigenvalue weighted by molar-refractivity contribution is 7.71. The number of aromatic amines is 1. The second kappa shape index (κ2) is 7.62. The minimum Gasteiger partial charge on any atom is -0.302 e. The van der Waals surface area contributed by atoms with Crippen molar-refractivity contribution in [3.05, 3.63) is 45.2 Å². The molecule has 0 spiro atoms. The van der Waals surface area contributed by atoms with E-state index in [4.69, 9.17) is 12.2 Å². The third kappa shape index (κ3) is 3.68. The molecule has 0 bridgehead atoms. The smallest absolute Gasteiger partial charge is 0.227 e. The highest BCUT2D eigenvalue weighted by Crippen LogP contribution is 2.28. The van der Waals surface area contributed by atoms with Crippen LogP contribution in [0.3, 0.4) is 0 Å². The number of anilines is 1. The van der Waals surface area contributed by atoms with E-state index in [-0.39, 0.29) is 5.91 Å². The van der Waals surface area contributed by atoms with E-state index < -0.39 is 0 Å². The van der Waals surface area contributed by atoms with Gasteiger partial charge in [-0.25, -0.2) is 4.98 Å². The average Bonchev–Trinajstić information content (AvgIpc) is 3.40. The van der Waals surface area contributed by atoms with Crippen molar-refractivity contribution in [2.45, 2.75) is 13.0 Å². The monoisotopic (exact) mass is 419 g/mol. The standard InChI is InChI=1S/C16H13N5OS4/c22-13(18-15-17-10(9-26-15)11-3-1-7-24-11)5-6-21-14(19-20-16(21)23)12-4-2-8-25-12/h1-4,7-9H,5-6H2,(H,20,23)(H,17,18,22). The molecule has 4 aromatic rings. The Hall–Kier alpha value is -2.14. The normalized spacial score (nSPS) is 10.9. The van der Waals surface area contributed by atoms with Crippen molar-refractivity contribution in [1.29, 1.82) is 0 Å². The van der Waals surface area contributed by atoms with Crippen LogP contribution in [0.2, 0.25) is 0 Å². The molecule has 4 heterocycles. The number of H-pyrrole nitrogens is 1. The van der Waals surface area contributed by atoms with E-state index in [0.29, 0.717) is 22.9 Å². The lowest BCUT2D eigenvalue weighted by molar-refractivity contribution is -0.116. The summed E-state index contributed by atoms with van der Waals surface area (Å²) in [6.45, 7) is 0.456. The van der Waals surface area contributed by atoms with Gasteiger partial charge in [-0.3, -0.25) is 14.5 Å². The number of thiophene rings is 2. The molecule has 0 unspecified atom stereocenters. The summed E-state index contributed by atoms with van der Waals surface area (Å²) >= 11 is 9.92. The van der Waals surface area contributed by atoms with E-state index in [2.05, 4.69) is 20.5 Å². The minimum atomic E-state index is -0.0997. The summed E-state index contributed by atoms with van der Waals surface area (Å²) in [6, 6.07) is 7.94. The number of nitrogens with one attached hydrogen (secondary N) is 2. The van der Waals surface area contributed by atoms with E-state index in [1.807, 2.05) is 45.0 Å². The van der Waals surface area contributed by atoms with E-state index in [1.165, 1.54) is 11.3 Å². The molecule has 132 valence electrons. The summed E-state index contributed by atoms with van der Waals surface area (Å²) in [5.41, 5.74) is 0.886. The summed E-state index contributed by atoms with van der Waals surface area (Å²) in [4.78, 5) is 18.9. The largest absolute Gasteiger partial charge is 0.302 e. The Balaban J connectivity index is 1.41. The topological polar surface area (TPSA) is 75.6 Å². The molecule has 0 radical (unpaired) electrons. The quantitative estimate of drug-likeness (QED) is 0.437. The number of rotatable bonds is 6. The molecule has 10 heteroatoms. The first-order valence-electron chi connectivity index (χ1n) is 7.69. The maximum atomic E-state index is 12.3. The number of amides is 1. The van der Waals surface area contributed by atoms with Crippen molar-refractivity contribution < 1.29 is 4.79 Å². The molecular weight excluding hydrogens is 406 g/mol. The van der Waals surface area contributed by atoms with Crippen LogP contribution in [0, 0.1) is 4.77 Å². The second-order valence-electron chi connectivity index (χ2n) is 5.29. The van der Waals surface area contributed by atoms with Gasteiger partial charge in [-0.05, 0) is 35.1 Å². The number of carbonyl (C=O) groups excluding carboxylic acids is 1. The van der Waals surface area contributed by atoms with Gasteiger partial charge in [0.05, 0.1) is 15.4 Å². The van der Waals surface area contributed by atoms with E-state index in [1.54, 1.807) is 22.7 Å². The summed E-state index contributed by atoms with van der Waals surface area (Å²) < 4.78 is 2.36. The number of hydrogen-bond acceptors (Lipinski definition) is 7. The van der Waals surface area contributed by atoms with Crippen LogP contribution in [-0.4, -0.2) is 25.7 Å². The van der Waals surface area contributed by atoms with Crippen molar-refractivity contribution in [1.82, 2.24) is 19.7 Å². The van der Waals surface area contributed by atoms with Gasteiger partial charge in [-0.15, -0.1) is 34.0 Å². The first-order valence-corrected chi connectivity index (χ1v) is 10.7. The van der Waals surface area contributed by atoms with E-state index in [0.717, 1.165) is 21.3 Å².